The fourth-order valence-electron chi connectivity index (χ4n) is 5.59. The molecule has 3 fully saturated rings. The van der Waals surface area contributed by atoms with Gasteiger partial charge in [0.2, 0.25) is 5.91 Å². The minimum Gasteiger partial charge on any atom is -0.356 e. The third-order valence-corrected chi connectivity index (χ3v) is 9.10. The SMILES string of the molecule is O=C1CCCCN1C1CCN(c2cccc(S(=O)(=O)NC3(Cc4ccccc4)CCC3)n2)CC1. The van der Waals surface area contributed by atoms with E-state index in [0.717, 1.165) is 70.1 Å². The molecule has 34 heavy (non-hydrogen) atoms. The van der Waals surface area contributed by atoms with Gasteiger partial charge in [-0.3, -0.25) is 4.79 Å². The Hall–Kier alpha value is -2.45. The minimum absolute atomic E-state index is 0.0812. The number of carbonyl (C=O) groups excluding carboxylic acids is 1. The maximum atomic E-state index is 13.3. The van der Waals surface area contributed by atoms with E-state index in [-0.39, 0.29) is 17.0 Å². The lowest BCUT2D eigenvalue weighted by Gasteiger charge is -2.42. The summed E-state index contributed by atoms with van der Waals surface area (Å²) in [6, 6.07) is 15.6. The Bertz CT molecular complexity index is 1110. The van der Waals surface area contributed by atoms with Crippen molar-refractivity contribution in [2.75, 3.05) is 24.5 Å². The first-order valence-corrected chi connectivity index (χ1v) is 14.0. The molecule has 1 aromatic carbocycles. The number of aromatic nitrogens is 1. The van der Waals surface area contributed by atoms with E-state index in [1.807, 2.05) is 36.4 Å². The summed E-state index contributed by atoms with van der Waals surface area (Å²) in [7, 11) is -3.74. The van der Waals surface area contributed by atoms with Crippen LogP contribution in [0.25, 0.3) is 0 Å². The lowest BCUT2D eigenvalue weighted by Crippen LogP contribution is -2.55. The first kappa shape index (κ1) is 23.3. The number of sulfonamides is 1. The van der Waals surface area contributed by atoms with Gasteiger partial charge in [-0.1, -0.05) is 36.4 Å². The number of rotatable bonds is 7. The summed E-state index contributed by atoms with van der Waals surface area (Å²) in [5.41, 5.74) is 0.707. The predicted molar refractivity (Wildman–Crippen MR) is 132 cm³/mol. The fraction of sp³-hybridized carbons (Fsp3) is 0.538. The lowest BCUT2D eigenvalue weighted by molar-refractivity contribution is -0.136. The monoisotopic (exact) mass is 482 g/mol. The van der Waals surface area contributed by atoms with Crippen molar-refractivity contribution in [1.29, 1.82) is 0 Å². The molecule has 1 saturated carbocycles. The maximum absolute atomic E-state index is 13.3. The normalized spacial score (nSPS) is 21.4. The van der Waals surface area contributed by atoms with Crippen molar-refractivity contribution in [3.63, 3.8) is 0 Å². The van der Waals surface area contributed by atoms with Gasteiger partial charge in [0.1, 0.15) is 5.82 Å². The van der Waals surface area contributed by atoms with Gasteiger partial charge in [-0.15, -0.1) is 0 Å². The quantitative estimate of drug-likeness (QED) is 0.653. The number of nitrogens with zero attached hydrogens (tertiary/aromatic N) is 3. The largest absolute Gasteiger partial charge is 0.356 e. The molecule has 5 rings (SSSR count). The standard InChI is InChI=1S/C26H34N4O3S/c31-25-12-4-5-17-30(25)22-13-18-29(19-14-22)23-10-6-11-24(27-23)34(32,33)28-26(15-7-16-26)20-21-8-2-1-3-9-21/h1-3,6,8-11,22,28H,4-5,7,12-20H2. The molecule has 8 heteroatoms. The number of hydrogen-bond donors (Lipinski definition) is 1. The number of anilines is 1. The Morgan fingerprint density at radius 1 is 0.941 bits per heavy atom. The molecule has 2 aromatic rings. The van der Waals surface area contributed by atoms with Crippen LogP contribution in [0, 0.1) is 0 Å². The van der Waals surface area contributed by atoms with E-state index in [0.29, 0.717) is 18.7 Å². The molecule has 0 unspecified atom stereocenters. The summed E-state index contributed by atoms with van der Waals surface area (Å²) in [4.78, 5) is 21.1. The summed E-state index contributed by atoms with van der Waals surface area (Å²) < 4.78 is 29.7. The third-order valence-electron chi connectivity index (χ3n) is 7.62. The van der Waals surface area contributed by atoms with Gasteiger partial charge in [0.05, 0.1) is 0 Å². The molecule has 2 aliphatic heterocycles. The first-order valence-electron chi connectivity index (χ1n) is 12.5. The van der Waals surface area contributed by atoms with Crippen LogP contribution in [0.2, 0.25) is 0 Å². The van der Waals surface area contributed by atoms with Crippen molar-refractivity contribution >= 4 is 21.7 Å². The van der Waals surface area contributed by atoms with Crippen LogP contribution in [-0.2, 0) is 21.2 Å². The van der Waals surface area contributed by atoms with Crippen molar-refractivity contribution in [1.82, 2.24) is 14.6 Å². The van der Waals surface area contributed by atoms with Gasteiger partial charge in [-0.2, -0.15) is 0 Å². The summed E-state index contributed by atoms with van der Waals surface area (Å²) in [5.74, 6) is 0.972. The highest BCUT2D eigenvalue weighted by molar-refractivity contribution is 7.89. The van der Waals surface area contributed by atoms with Crippen LogP contribution in [0.5, 0.6) is 0 Å². The number of hydrogen-bond acceptors (Lipinski definition) is 5. The molecule has 3 aliphatic rings. The zero-order valence-electron chi connectivity index (χ0n) is 19.7. The van der Waals surface area contributed by atoms with E-state index in [2.05, 4.69) is 19.5 Å². The highest BCUT2D eigenvalue weighted by atomic mass is 32.2. The second kappa shape index (κ2) is 9.66. The average Bonchev–Trinajstić information content (AvgIpc) is 2.84. The van der Waals surface area contributed by atoms with E-state index in [1.54, 1.807) is 12.1 Å². The van der Waals surface area contributed by atoms with Crippen LogP contribution >= 0.6 is 0 Å². The Kier molecular flexibility index (Phi) is 6.62. The number of pyridine rings is 1. The zero-order valence-corrected chi connectivity index (χ0v) is 20.5. The van der Waals surface area contributed by atoms with Crippen molar-refractivity contribution in [2.45, 2.75) is 74.4 Å². The molecule has 0 atom stereocenters. The van der Waals surface area contributed by atoms with Gasteiger partial charge in [0.15, 0.2) is 5.03 Å². The van der Waals surface area contributed by atoms with Crippen molar-refractivity contribution in [2.24, 2.45) is 0 Å². The smallest absolute Gasteiger partial charge is 0.258 e. The van der Waals surface area contributed by atoms with E-state index < -0.39 is 15.6 Å². The molecule has 1 N–H and O–H groups in total. The zero-order chi connectivity index (χ0) is 23.6. The molecule has 2 saturated heterocycles. The molecular formula is C26H34N4O3S. The van der Waals surface area contributed by atoms with E-state index in [1.165, 1.54) is 0 Å². The van der Waals surface area contributed by atoms with Crippen LogP contribution in [0.15, 0.2) is 53.6 Å². The highest BCUT2D eigenvalue weighted by Gasteiger charge is 2.41. The van der Waals surface area contributed by atoms with E-state index in [4.69, 9.17) is 0 Å². The Morgan fingerprint density at radius 2 is 1.71 bits per heavy atom. The third kappa shape index (κ3) is 4.98. The molecule has 3 heterocycles. The van der Waals surface area contributed by atoms with Crippen LogP contribution in [0.3, 0.4) is 0 Å². The van der Waals surface area contributed by atoms with Crippen molar-refractivity contribution in [3.8, 4) is 0 Å². The number of benzene rings is 1. The second-order valence-electron chi connectivity index (χ2n) is 10.00. The molecular weight excluding hydrogens is 448 g/mol. The van der Waals surface area contributed by atoms with Gasteiger partial charge in [-0.25, -0.2) is 18.1 Å². The maximum Gasteiger partial charge on any atom is 0.258 e. The fourth-order valence-corrected chi connectivity index (χ4v) is 7.01. The number of amides is 1. The summed E-state index contributed by atoms with van der Waals surface area (Å²) >= 11 is 0. The topological polar surface area (TPSA) is 82.6 Å². The van der Waals surface area contributed by atoms with Crippen LogP contribution < -0.4 is 9.62 Å². The number of likely N-dealkylation sites (tertiary alicyclic amines) is 1. The minimum atomic E-state index is -3.74. The Balaban J connectivity index is 1.26. The summed E-state index contributed by atoms with van der Waals surface area (Å²) in [6.45, 7) is 2.42. The molecule has 0 bridgehead atoms. The lowest BCUT2D eigenvalue weighted by atomic mass is 9.74. The molecule has 1 aliphatic carbocycles. The van der Waals surface area contributed by atoms with Crippen molar-refractivity contribution < 1.29 is 13.2 Å². The predicted octanol–water partition coefficient (Wildman–Crippen LogP) is 3.51. The molecule has 1 amide bonds. The van der Waals surface area contributed by atoms with Gasteiger partial charge in [0.25, 0.3) is 10.0 Å². The van der Waals surface area contributed by atoms with Crippen LogP contribution in [0.4, 0.5) is 5.82 Å². The molecule has 1 aromatic heterocycles. The second-order valence-corrected chi connectivity index (χ2v) is 11.6. The molecule has 182 valence electrons. The van der Waals surface area contributed by atoms with Gasteiger partial charge in [-0.05, 0) is 69.1 Å². The van der Waals surface area contributed by atoms with Crippen molar-refractivity contribution in [3.05, 3.63) is 54.1 Å². The van der Waals surface area contributed by atoms with E-state index >= 15 is 0 Å². The molecule has 0 radical (unpaired) electrons. The first-order chi connectivity index (χ1) is 16.4. The summed E-state index contributed by atoms with van der Waals surface area (Å²) in [5, 5.41) is 0.0812. The van der Waals surface area contributed by atoms with Gasteiger partial charge >= 0.3 is 0 Å². The Morgan fingerprint density at radius 3 is 2.38 bits per heavy atom. The number of piperidine rings is 2. The van der Waals surface area contributed by atoms with Crippen LogP contribution in [-0.4, -0.2) is 55.4 Å². The number of carbonyl (C=O) groups is 1. The van der Waals surface area contributed by atoms with Gasteiger partial charge < -0.3 is 9.80 Å². The molecule has 0 spiro atoms. The van der Waals surface area contributed by atoms with Gasteiger partial charge in [0, 0.05) is 37.6 Å². The number of nitrogens with one attached hydrogen (secondary N) is 1. The van der Waals surface area contributed by atoms with Crippen LogP contribution in [0.1, 0.15) is 56.9 Å². The Labute approximate surface area is 202 Å². The molecule has 7 nitrogen and oxygen atoms in total. The average molecular weight is 483 g/mol. The van der Waals surface area contributed by atoms with E-state index in [9.17, 15) is 13.2 Å². The highest BCUT2D eigenvalue weighted by Crippen LogP contribution is 2.36. The summed E-state index contributed by atoms with van der Waals surface area (Å²) in [6.07, 6.45) is 7.93.